The number of aryl methyl sites for hydroxylation is 1. The number of amides is 3. The summed E-state index contributed by atoms with van der Waals surface area (Å²) in [6.07, 6.45) is 4.94. The molecule has 168 valence electrons. The molecule has 3 amide bonds. The first-order valence-electron chi connectivity index (χ1n) is 11.1. The van der Waals surface area contributed by atoms with E-state index in [-0.39, 0.29) is 23.4 Å². The Hall–Kier alpha value is -1.87. The van der Waals surface area contributed by atoms with Gasteiger partial charge in [0.25, 0.3) is 5.56 Å². The van der Waals surface area contributed by atoms with Gasteiger partial charge in [0.15, 0.2) is 5.16 Å². The van der Waals surface area contributed by atoms with E-state index in [0.29, 0.717) is 17.6 Å². The molecule has 9 heteroatoms. The van der Waals surface area contributed by atoms with Crippen molar-refractivity contribution in [1.29, 1.82) is 0 Å². The van der Waals surface area contributed by atoms with Crippen LogP contribution in [0, 0.1) is 11.8 Å². The van der Waals surface area contributed by atoms with Crippen molar-refractivity contribution in [2.24, 2.45) is 11.8 Å². The van der Waals surface area contributed by atoms with Gasteiger partial charge in [-0.2, -0.15) is 0 Å². The van der Waals surface area contributed by atoms with E-state index in [2.05, 4.69) is 31.4 Å². The average molecular weight is 463 g/mol. The number of carbonyl (C=O) groups is 2. The number of thiophene rings is 1. The zero-order valence-electron chi connectivity index (χ0n) is 18.5. The lowest BCUT2D eigenvalue weighted by Crippen LogP contribution is -2.43. The van der Waals surface area contributed by atoms with Crippen LogP contribution in [0.15, 0.2) is 9.95 Å². The van der Waals surface area contributed by atoms with E-state index in [9.17, 15) is 14.4 Å². The summed E-state index contributed by atoms with van der Waals surface area (Å²) >= 11 is 2.86. The maximum Gasteiger partial charge on any atom is 0.321 e. The van der Waals surface area contributed by atoms with Crippen molar-refractivity contribution in [2.45, 2.75) is 82.8 Å². The summed E-state index contributed by atoms with van der Waals surface area (Å²) in [7, 11) is 0. The number of thioether (sulfide) groups is 1. The number of hydrogen-bond donors (Lipinski definition) is 2. The smallest absolute Gasteiger partial charge is 0.321 e. The number of aromatic nitrogens is 2. The quantitative estimate of drug-likeness (QED) is 0.504. The topological polar surface area (TPSA) is 93.1 Å². The first-order valence-corrected chi connectivity index (χ1v) is 12.8. The third-order valence-electron chi connectivity index (χ3n) is 5.73. The second-order valence-electron chi connectivity index (χ2n) is 9.23. The molecule has 2 aliphatic rings. The molecule has 4 rings (SSSR count). The summed E-state index contributed by atoms with van der Waals surface area (Å²) in [4.78, 5) is 44.8. The molecule has 1 fully saturated rings. The van der Waals surface area contributed by atoms with Gasteiger partial charge in [-0.3, -0.25) is 19.5 Å². The highest BCUT2D eigenvalue weighted by atomic mass is 32.2. The maximum atomic E-state index is 13.5. The van der Waals surface area contributed by atoms with Gasteiger partial charge in [-0.15, -0.1) is 11.3 Å². The zero-order valence-corrected chi connectivity index (χ0v) is 20.1. The molecule has 0 saturated heterocycles. The molecule has 0 spiro atoms. The van der Waals surface area contributed by atoms with Crippen molar-refractivity contribution in [3.63, 3.8) is 0 Å². The van der Waals surface area contributed by atoms with Crippen molar-refractivity contribution in [3.8, 4) is 0 Å². The van der Waals surface area contributed by atoms with Gasteiger partial charge < -0.3 is 5.32 Å². The van der Waals surface area contributed by atoms with Gasteiger partial charge in [0, 0.05) is 17.5 Å². The fourth-order valence-electron chi connectivity index (χ4n) is 3.90. The average Bonchev–Trinajstić information content (AvgIpc) is 3.42. The van der Waals surface area contributed by atoms with E-state index in [0.717, 1.165) is 42.3 Å². The highest BCUT2D eigenvalue weighted by molar-refractivity contribution is 8.00. The van der Waals surface area contributed by atoms with E-state index in [1.165, 1.54) is 22.2 Å². The monoisotopic (exact) mass is 462 g/mol. The van der Waals surface area contributed by atoms with Gasteiger partial charge >= 0.3 is 6.03 Å². The van der Waals surface area contributed by atoms with Gasteiger partial charge in [-0.25, -0.2) is 9.78 Å². The molecule has 0 aromatic carbocycles. The number of urea groups is 1. The van der Waals surface area contributed by atoms with Crippen LogP contribution in [0.5, 0.6) is 0 Å². The molecule has 31 heavy (non-hydrogen) atoms. The summed E-state index contributed by atoms with van der Waals surface area (Å²) in [5, 5.41) is 5.91. The van der Waals surface area contributed by atoms with E-state index in [4.69, 9.17) is 4.98 Å². The Morgan fingerprint density at radius 2 is 2.00 bits per heavy atom. The standard InChI is InChI=1S/C22H30N4O3S2/c1-11(2)10-26-20(28)17-15-8-5-12(3)9-16(15)31-19(17)25-22(26)30-13(4)18(27)24-21(29)23-14-6-7-14/h11-14H,5-10H2,1-4H3,(H2,23,24,27,29)/t12-,13-/m1/s1. The molecule has 0 radical (unpaired) electrons. The molecule has 0 unspecified atom stereocenters. The van der Waals surface area contributed by atoms with Crippen molar-refractivity contribution in [3.05, 3.63) is 20.8 Å². The van der Waals surface area contributed by atoms with Crippen LogP contribution in [0.3, 0.4) is 0 Å². The fraction of sp³-hybridized carbons (Fsp3) is 0.636. The molecule has 2 aliphatic carbocycles. The number of carbonyl (C=O) groups excluding carboxylic acids is 2. The van der Waals surface area contributed by atoms with Crippen LogP contribution in [0.4, 0.5) is 4.79 Å². The second kappa shape index (κ2) is 8.94. The maximum absolute atomic E-state index is 13.5. The lowest BCUT2D eigenvalue weighted by molar-refractivity contribution is -0.119. The van der Waals surface area contributed by atoms with E-state index in [1.54, 1.807) is 22.8 Å². The van der Waals surface area contributed by atoms with Gasteiger partial charge in [-0.05, 0) is 56.4 Å². The number of nitrogens with one attached hydrogen (secondary N) is 2. The van der Waals surface area contributed by atoms with Gasteiger partial charge in [0.1, 0.15) is 4.83 Å². The molecule has 2 N–H and O–H groups in total. The predicted molar refractivity (Wildman–Crippen MR) is 125 cm³/mol. The molecule has 2 atom stereocenters. The van der Waals surface area contributed by atoms with E-state index in [1.807, 2.05) is 0 Å². The molecule has 2 aromatic heterocycles. The summed E-state index contributed by atoms with van der Waals surface area (Å²) in [5.74, 6) is 0.505. The normalized spacial score (nSPS) is 19.3. The van der Waals surface area contributed by atoms with E-state index >= 15 is 0 Å². The zero-order chi connectivity index (χ0) is 22.3. The van der Waals surface area contributed by atoms with Crippen molar-refractivity contribution in [1.82, 2.24) is 20.2 Å². The summed E-state index contributed by atoms with van der Waals surface area (Å²) < 4.78 is 1.72. The first-order chi connectivity index (χ1) is 14.7. The van der Waals surface area contributed by atoms with Gasteiger partial charge in [0.2, 0.25) is 5.91 Å². The Morgan fingerprint density at radius 1 is 1.26 bits per heavy atom. The summed E-state index contributed by atoms with van der Waals surface area (Å²) in [6.45, 7) is 8.66. The van der Waals surface area contributed by atoms with Gasteiger partial charge in [0.05, 0.1) is 10.6 Å². The van der Waals surface area contributed by atoms with Crippen LogP contribution >= 0.6 is 23.1 Å². The van der Waals surface area contributed by atoms with Crippen LogP contribution in [0.25, 0.3) is 10.2 Å². The Morgan fingerprint density at radius 3 is 2.68 bits per heavy atom. The minimum Gasteiger partial charge on any atom is -0.335 e. The minimum absolute atomic E-state index is 0.00709. The molecular weight excluding hydrogens is 432 g/mol. The minimum atomic E-state index is -0.553. The molecule has 1 saturated carbocycles. The SMILES string of the molecule is CC(C)Cn1c(S[C@H](C)C(=O)NC(=O)NC2CC2)nc2sc3c(c2c1=O)CC[C@@H](C)C3. The molecule has 2 aromatic rings. The van der Waals surface area contributed by atoms with Crippen molar-refractivity contribution in [2.75, 3.05) is 0 Å². The second-order valence-corrected chi connectivity index (χ2v) is 11.6. The van der Waals surface area contributed by atoms with Crippen molar-refractivity contribution < 1.29 is 9.59 Å². The molecule has 0 aliphatic heterocycles. The number of imide groups is 1. The number of fused-ring (bicyclic) bond motifs is 3. The number of rotatable bonds is 6. The lowest BCUT2D eigenvalue weighted by atomic mass is 9.89. The van der Waals surface area contributed by atoms with Crippen LogP contribution in [0.1, 0.15) is 57.4 Å². The van der Waals surface area contributed by atoms with Crippen LogP contribution in [-0.2, 0) is 24.2 Å². The summed E-state index contributed by atoms with van der Waals surface area (Å²) in [5.41, 5.74) is 1.17. The Kier molecular flexibility index (Phi) is 6.44. The third kappa shape index (κ3) is 4.98. The Balaban J connectivity index is 1.63. The molecular formula is C22H30N4O3S2. The van der Waals surface area contributed by atoms with E-state index < -0.39 is 11.3 Å². The summed E-state index contributed by atoms with van der Waals surface area (Å²) in [6, 6.07) is -0.272. The van der Waals surface area contributed by atoms with Crippen LogP contribution < -0.4 is 16.2 Å². The highest BCUT2D eigenvalue weighted by Crippen LogP contribution is 2.37. The van der Waals surface area contributed by atoms with Crippen LogP contribution in [-0.4, -0.2) is 32.8 Å². The predicted octanol–water partition coefficient (Wildman–Crippen LogP) is 3.71. The van der Waals surface area contributed by atoms with Gasteiger partial charge in [-0.1, -0.05) is 32.5 Å². The fourth-order valence-corrected chi connectivity index (χ4v) is 6.24. The number of nitrogens with zero attached hydrogens (tertiary/aromatic N) is 2. The highest BCUT2D eigenvalue weighted by Gasteiger charge is 2.28. The first kappa shape index (κ1) is 22.3. The number of hydrogen-bond acceptors (Lipinski definition) is 6. The largest absolute Gasteiger partial charge is 0.335 e. The molecule has 2 heterocycles. The Bertz CT molecular complexity index is 1070. The molecule has 7 nitrogen and oxygen atoms in total. The lowest BCUT2D eigenvalue weighted by Gasteiger charge is -2.18. The van der Waals surface area contributed by atoms with Crippen molar-refractivity contribution >= 4 is 45.3 Å². The molecule has 0 bridgehead atoms. The third-order valence-corrected chi connectivity index (χ3v) is 7.97. The Labute approximate surface area is 190 Å². The van der Waals surface area contributed by atoms with Crippen LogP contribution in [0.2, 0.25) is 0 Å².